The van der Waals surface area contributed by atoms with Crippen molar-refractivity contribution >= 4 is 10.2 Å². The molecule has 2 aliphatic heterocycles. The van der Waals surface area contributed by atoms with Crippen LogP contribution in [0.15, 0.2) is 0 Å². The summed E-state index contributed by atoms with van der Waals surface area (Å²) in [6, 6.07) is 0.535. The van der Waals surface area contributed by atoms with Crippen LogP contribution in [-0.4, -0.2) is 55.3 Å². The molecule has 1 saturated carbocycles. The third kappa shape index (κ3) is 2.23. The van der Waals surface area contributed by atoms with Crippen LogP contribution in [0.5, 0.6) is 0 Å². The second kappa shape index (κ2) is 4.50. The number of rotatable bonds is 2. The molecule has 2 saturated heterocycles. The first-order valence-corrected chi connectivity index (χ1v) is 8.08. The number of hydrogen-bond donors (Lipinski definition) is 1. The van der Waals surface area contributed by atoms with Gasteiger partial charge in [-0.05, 0) is 45.2 Å². The van der Waals surface area contributed by atoms with E-state index in [1.54, 1.807) is 8.61 Å². The Bertz CT molecular complexity index is 374. The van der Waals surface area contributed by atoms with Gasteiger partial charge in [0.1, 0.15) is 0 Å². The smallest absolute Gasteiger partial charge is 0.282 e. The first kappa shape index (κ1) is 11.9. The first-order valence-electron chi connectivity index (χ1n) is 6.69. The van der Waals surface area contributed by atoms with Crippen molar-refractivity contribution in [2.75, 3.05) is 26.2 Å². The van der Waals surface area contributed by atoms with Crippen molar-refractivity contribution in [3.05, 3.63) is 0 Å². The number of hydrogen-bond acceptors (Lipinski definition) is 3. The lowest BCUT2D eigenvalue weighted by Crippen LogP contribution is -2.56. The van der Waals surface area contributed by atoms with Crippen molar-refractivity contribution in [2.24, 2.45) is 0 Å². The van der Waals surface area contributed by atoms with Gasteiger partial charge in [0, 0.05) is 25.2 Å². The predicted octanol–water partition coefficient (Wildman–Crippen LogP) is 0.153. The number of nitrogens with one attached hydrogen (secondary N) is 1. The van der Waals surface area contributed by atoms with Crippen LogP contribution in [0.4, 0.5) is 0 Å². The standard InChI is InChI=1S/C11H21N3O2S/c15-17(16)13(10-2-3-10)8-1-9-14(17)11-4-6-12-7-5-11/h10-12H,1-9H2. The summed E-state index contributed by atoms with van der Waals surface area (Å²) >= 11 is 0. The van der Waals surface area contributed by atoms with Crippen molar-refractivity contribution in [1.29, 1.82) is 0 Å². The van der Waals surface area contributed by atoms with Crippen LogP contribution in [0.3, 0.4) is 0 Å². The van der Waals surface area contributed by atoms with Gasteiger partial charge >= 0.3 is 0 Å². The SMILES string of the molecule is O=S1(=O)N(C2CCNCC2)CCCN1C1CC1. The second-order valence-electron chi connectivity index (χ2n) is 5.30. The van der Waals surface area contributed by atoms with Gasteiger partial charge in [-0.15, -0.1) is 0 Å². The highest BCUT2D eigenvalue weighted by molar-refractivity contribution is 7.86. The summed E-state index contributed by atoms with van der Waals surface area (Å²) in [5, 5.41) is 3.29. The topological polar surface area (TPSA) is 52.7 Å². The molecule has 0 aromatic heterocycles. The van der Waals surface area contributed by atoms with Crippen molar-refractivity contribution in [2.45, 2.75) is 44.2 Å². The van der Waals surface area contributed by atoms with Crippen molar-refractivity contribution in [1.82, 2.24) is 13.9 Å². The Balaban J connectivity index is 1.78. The summed E-state index contributed by atoms with van der Waals surface area (Å²) in [7, 11) is -3.16. The third-order valence-electron chi connectivity index (χ3n) is 4.02. The quantitative estimate of drug-likeness (QED) is 0.768. The molecule has 1 N–H and O–H groups in total. The Morgan fingerprint density at radius 3 is 1.94 bits per heavy atom. The summed E-state index contributed by atoms with van der Waals surface area (Å²) in [4.78, 5) is 0. The zero-order chi connectivity index (χ0) is 11.9. The maximum Gasteiger partial charge on any atom is 0.282 e. The fraction of sp³-hybridized carbons (Fsp3) is 1.00. The lowest BCUT2D eigenvalue weighted by Gasteiger charge is -2.40. The maximum absolute atomic E-state index is 12.5. The van der Waals surface area contributed by atoms with Gasteiger partial charge in [-0.2, -0.15) is 17.0 Å². The normalized spacial score (nSPS) is 32.7. The molecular weight excluding hydrogens is 238 g/mol. The van der Waals surface area contributed by atoms with Crippen molar-refractivity contribution < 1.29 is 8.42 Å². The predicted molar refractivity (Wildman–Crippen MR) is 65.9 cm³/mol. The molecule has 1 aliphatic carbocycles. The highest BCUT2D eigenvalue weighted by atomic mass is 32.2. The Kier molecular flexibility index (Phi) is 3.15. The molecule has 3 rings (SSSR count). The van der Waals surface area contributed by atoms with Gasteiger partial charge in [0.25, 0.3) is 10.2 Å². The van der Waals surface area contributed by atoms with E-state index in [0.717, 1.165) is 58.3 Å². The van der Waals surface area contributed by atoms with Crippen LogP contribution in [0, 0.1) is 0 Å². The molecule has 17 heavy (non-hydrogen) atoms. The lowest BCUT2D eigenvalue weighted by atomic mass is 10.1. The average Bonchev–Trinajstić information content (AvgIpc) is 3.13. The third-order valence-corrected chi connectivity index (χ3v) is 6.17. The molecule has 6 heteroatoms. The molecule has 0 unspecified atom stereocenters. The van der Waals surface area contributed by atoms with Crippen LogP contribution >= 0.6 is 0 Å². The summed E-state index contributed by atoms with van der Waals surface area (Å²) in [6.45, 7) is 3.34. The van der Waals surface area contributed by atoms with Crippen LogP contribution in [0.1, 0.15) is 32.1 Å². The minimum atomic E-state index is -3.16. The molecule has 0 aromatic rings. The number of piperidine rings is 1. The van der Waals surface area contributed by atoms with Crippen molar-refractivity contribution in [3.8, 4) is 0 Å². The van der Waals surface area contributed by atoms with E-state index in [1.807, 2.05) is 0 Å². The molecule has 3 aliphatic rings. The molecule has 98 valence electrons. The molecule has 2 heterocycles. The highest BCUT2D eigenvalue weighted by Crippen LogP contribution is 2.34. The van der Waals surface area contributed by atoms with Crippen LogP contribution in [-0.2, 0) is 10.2 Å². The van der Waals surface area contributed by atoms with E-state index in [0.29, 0.717) is 6.04 Å². The monoisotopic (exact) mass is 259 g/mol. The summed E-state index contributed by atoms with van der Waals surface area (Å²) in [5.74, 6) is 0. The lowest BCUT2D eigenvalue weighted by molar-refractivity contribution is 0.207. The zero-order valence-electron chi connectivity index (χ0n) is 10.1. The highest BCUT2D eigenvalue weighted by Gasteiger charge is 2.44. The average molecular weight is 259 g/mol. The molecule has 3 fully saturated rings. The van der Waals surface area contributed by atoms with E-state index in [2.05, 4.69) is 5.32 Å². The second-order valence-corrected chi connectivity index (χ2v) is 7.13. The van der Waals surface area contributed by atoms with E-state index >= 15 is 0 Å². The van der Waals surface area contributed by atoms with E-state index < -0.39 is 10.2 Å². The zero-order valence-corrected chi connectivity index (χ0v) is 11.0. The minimum absolute atomic E-state index is 0.225. The van der Waals surface area contributed by atoms with Gasteiger partial charge in [-0.3, -0.25) is 0 Å². The number of nitrogens with zero attached hydrogens (tertiary/aromatic N) is 2. The Morgan fingerprint density at radius 2 is 1.41 bits per heavy atom. The van der Waals surface area contributed by atoms with E-state index in [1.165, 1.54) is 0 Å². The Morgan fingerprint density at radius 1 is 0.882 bits per heavy atom. The molecule has 0 bridgehead atoms. The molecular formula is C11H21N3O2S. The molecule has 0 radical (unpaired) electrons. The molecule has 0 atom stereocenters. The van der Waals surface area contributed by atoms with E-state index in [-0.39, 0.29) is 6.04 Å². The molecule has 0 spiro atoms. The largest absolute Gasteiger partial charge is 0.317 e. The summed E-state index contributed by atoms with van der Waals surface area (Å²) in [6.07, 6.45) is 5.01. The molecule has 5 nitrogen and oxygen atoms in total. The van der Waals surface area contributed by atoms with Crippen LogP contribution in [0.25, 0.3) is 0 Å². The van der Waals surface area contributed by atoms with Crippen molar-refractivity contribution in [3.63, 3.8) is 0 Å². The van der Waals surface area contributed by atoms with Gasteiger partial charge in [0.2, 0.25) is 0 Å². The molecule has 0 amide bonds. The van der Waals surface area contributed by atoms with Gasteiger partial charge < -0.3 is 5.32 Å². The van der Waals surface area contributed by atoms with Gasteiger partial charge in [0.05, 0.1) is 0 Å². The van der Waals surface area contributed by atoms with E-state index in [9.17, 15) is 8.42 Å². The van der Waals surface area contributed by atoms with Gasteiger partial charge in [-0.25, -0.2) is 0 Å². The summed E-state index contributed by atoms with van der Waals surface area (Å²) in [5.41, 5.74) is 0. The Hall–Kier alpha value is -0.170. The van der Waals surface area contributed by atoms with Crippen LogP contribution < -0.4 is 5.32 Å². The summed E-state index contributed by atoms with van der Waals surface area (Å²) < 4.78 is 28.6. The van der Waals surface area contributed by atoms with Crippen LogP contribution in [0.2, 0.25) is 0 Å². The molecule has 0 aromatic carbocycles. The van der Waals surface area contributed by atoms with Gasteiger partial charge in [-0.1, -0.05) is 0 Å². The van der Waals surface area contributed by atoms with E-state index in [4.69, 9.17) is 0 Å². The van der Waals surface area contributed by atoms with Gasteiger partial charge in [0.15, 0.2) is 0 Å². The fourth-order valence-electron chi connectivity index (χ4n) is 2.95. The minimum Gasteiger partial charge on any atom is -0.317 e. The first-order chi connectivity index (χ1) is 8.19. The Labute approximate surface area is 103 Å². The maximum atomic E-state index is 12.5. The fourth-order valence-corrected chi connectivity index (χ4v) is 5.11.